The third kappa shape index (κ3) is 5.74. The Bertz CT molecular complexity index is 1660. The van der Waals surface area contributed by atoms with Gasteiger partial charge in [0.05, 0.1) is 6.61 Å². The lowest BCUT2D eigenvalue weighted by Gasteiger charge is -2.29. The largest absolute Gasteiger partial charge is 0.489 e. The van der Waals surface area contributed by atoms with Gasteiger partial charge in [-0.2, -0.15) is 0 Å². The highest BCUT2D eigenvalue weighted by atomic mass is 19.1. The minimum atomic E-state index is -0.676. The van der Waals surface area contributed by atoms with Crippen LogP contribution in [0.15, 0.2) is 42.5 Å². The van der Waals surface area contributed by atoms with Gasteiger partial charge in [0.25, 0.3) is 11.8 Å². The SMILES string of the molecule is COC[C@@H]1CN(Cc2cc(F)c3nc(C(=O)N(C)C)ccc3c2)C[C@H]1Oc1ccc2c(c1)CN([C@H]1CCC(=O)NC1=O)C2=O. The van der Waals surface area contributed by atoms with Gasteiger partial charge in [-0.25, -0.2) is 9.37 Å². The fourth-order valence-corrected chi connectivity index (χ4v) is 6.31. The second-order valence-corrected chi connectivity index (χ2v) is 11.8. The summed E-state index contributed by atoms with van der Waals surface area (Å²) in [5.41, 5.74) is 2.42. The molecule has 12 heteroatoms. The van der Waals surface area contributed by atoms with E-state index in [9.17, 15) is 19.2 Å². The number of halogens is 1. The number of imide groups is 1. The Kier molecular flexibility index (Phi) is 8.04. The molecule has 2 saturated heterocycles. The highest BCUT2D eigenvalue weighted by molar-refractivity contribution is 6.05. The predicted molar refractivity (Wildman–Crippen MR) is 157 cm³/mol. The maximum atomic E-state index is 15.1. The number of hydrogen-bond acceptors (Lipinski definition) is 8. The van der Waals surface area contributed by atoms with E-state index < -0.39 is 17.8 Å². The van der Waals surface area contributed by atoms with Gasteiger partial charge >= 0.3 is 0 Å². The summed E-state index contributed by atoms with van der Waals surface area (Å²) in [6.45, 7) is 2.50. The number of pyridine rings is 1. The molecule has 0 unspecified atom stereocenters. The molecule has 3 aliphatic heterocycles. The Labute approximate surface area is 253 Å². The Balaban J connectivity index is 1.14. The summed E-state index contributed by atoms with van der Waals surface area (Å²) in [5, 5.41) is 2.94. The number of nitrogens with one attached hydrogen (secondary N) is 1. The number of piperidine rings is 1. The van der Waals surface area contributed by atoms with Crippen molar-refractivity contribution < 1.29 is 33.0 Å². The van der Waals surface area contributed by atoms with Crippen LogP contribution in [0.3, 0.4) is 0 Å². The van der Waals surface area contributed by atoms with Gasteiger partial charge in [0, 0.05) is 70.7 Å². The van der Waals surface area contributed by atoms with Gasteiger partial charge in [-0.3, -0.25) is 29.4 Å². The first-order valence-corrected chi connectivity index (χ1v) is 14.6. The number of carbonyl (C=O) groups is 4. The summed E-state index contributed by atoms with van der Waals surface area (Å²) < 4.78 is 27.1. The molecule has 1 N–H and O–H groups in total. The number of amides is 4. The molecule has 4 amide bonds. The number of hydrogen-bond donors (Lipinski definition) is 1. The molecule has 2 aromatic carbocycles. The Morgan fingerprint density at radius 1 is 1.11 bits per heavy atom. The van der Waals surface area contributed by atoms with E-state index in [1.54, 1.807) is 45.5 Å². The van der Waals surface area contributed by atoms with E-state index in [4.69, 9.17) is 9.47 Å². The Morgan fingerprint density at radius 3 is 2.68 bits per heavy atom. The molecule has 230 valence electrons. The number of carbonyl (C=O) groups excluding carboxylic acids is 4. The van der Waals surface area contributed by atoms with Gasteiger partial charge < -0.3 is 19.3 Å². The molecule has 3 aromatic rings. The molecule has 4 heterocycles. The summed E-state index contributed by atoms with van der Waals surface area (Å²) in [4.78, 5) is 58.7. The lowest BCUT2D eigenvalue weighted by atomic mass is 10.0. The zero-order valence-corrected chi connectivity index (χ0v) is 24.8. The van der Waals surface area contributed by atoms with Gasteiger partial charge in [0.2, 0.25) is 11.8 Å². The zero-order valence-electron chi connectivity index (χ0n) is 24.8. The number of fused-ring (bicyclic) bond motifs is 2. The van der Waals surface area contributed by atoms with Crippen molar-refractivity contribution in [3.8, 4) is 5.75 Å². The molecule has 0 bridgehead atoms. The van der Waals surface area contributed by atoms with E-state index in [0.29, 0.717) is 49.4 Å². The van der Waals surface area contributed by atoms with Crippen LogP contribution >= 0.6 is 0 Å². The minimum Gasteiger partial charge on any atom is -0.489 e. The molecule has 0 spiro atoms. The first-order chi connectivity index (χ1) is 21.1. The molecular weight excluding hydrogens is 569 g/mol. The molecule has 1 aromatic heterocycles. The van der Waals surface area contributed by atoms with Crippen molar-refractivity contribution in [2.75, 3.05) is 40.9 Å². The molecule has 2 fully saturated rings. The van der Waals surface area contributed by atoms with Crippen LogP contribution in [-0.2, 0) is 27.4 Å². The molecular formula is C32H34FN5O6. The molecule has 3 atom stereocenters. The normalized spacial score (nSPS) is 22.0. The third-order valence-electron chi connectivity index (χ3n) is 8.46. The molecule has 0 saturated carbocycles. The topological polar surface area (TPSA) is 121 Å². The molecule has 0 radical (unpaired) electrons. The summed E-state index contributed by atoms with van der Waals surface area (Å²) >= 11 is 0. The van der Waals surface area contributed by atoms with Gasteiger partial charge in [-0.1, -0.05) is 6.07 Å². The smallest absolute Gasteiger partial charge is 0.271 e. The van der Waals surface area contributed by atoms with E-state index in [2.05, 4.69) is 15.2 Å². The van der Waals surface area contributed by atoms with Crippen LogP contribution in [-0.4, -0.2) is 96.4 Å². The molecule has 44 heavy (non-hydrogen) atoms. The van der Waals surface area contributed by atoms with Crippen LogP contribution in [0, 0.1) is 11.7 Å². The average molecular weight is 604 g/mol. The number of benzene rings is 2. The lowest BCUT2D eigenvalue weighted by molar-refractivity contribution is -0.136. The number of nitrogens with zero attached hydrogens (tertiary/aromatic N) is 4. The summed E-state index contributed by atoms with van der Waals surface area (Å²) in [6.07, 6.45) is 0.299. The molecule has 0 aliphatic carbocycles. The second kappa shape index (κ2) is 11.9. The number of rotatable bonds is 8. The molecule has 11 nitrogen and oxygen atoms in total. The zero-order chi connectivity index (χ0) is 31.1. The van der Waals surface area contributed by atoms with Crippen LogP contribution in [0.4, 0.5) is 4.39 Å². The fourth-order valence-electron chi connectivity index (χ4n) is 6.31. The van der Waals surface area contributed by atoms with Crippen molar-refractivity contribution in [3.05, 3.63) is 70.7 Å². The van der Waals surface area contributed by atoms with Gasteiger partial charge in [0.1, 0.15) is 34.9 Å². The van der Waals surface area contributed by atoms with Crippen molar-refractivity contribution in [1.82, 2.24) is 25.0 Å². The van der Waals surface area contributed by atoms with Crippen molar-refractivity contribution >= 4 is 34.5 Å². The van der Waals surface area contributed by atoms with Crippen LogP contribution in [0.2, 0.25) is 0 Å². The average Bonchev–Trinajstić information content (AvgIpc) is 3.51. The van der Waals surface area contributed by atoms with Crippen LogP contribution in [0.1, 0.15) is 44.8 Å². The maximum Gasteiger partial charge on any atom is 0.271 e. The highest BCUT2D eigenvalue weighted by Crippen LogP contribution is 2.32. The number of methoxy groups -OCH3 is 1. The van der Waals surface area contributed by atoms with Gasteiger partial charge in [-0.05, 0) is 53.9 Å². The highest BCUT2D eigenvalue weighted by Gasteiger charge is 2.40. The van der Waals surface area contributed by atoms with E-state index >= 15 is 4.39 Å². The fraction of sp³-hybridized carbons (Fsp3) is 0.406. The quantitative estimate of drug-likeness (QED) is 0.390. The van der Waals surface area contributed by atoms with E-state index in [0.717, 1.165) is 11.1 Å². The number of aromatic nitrogens is 1. The Hall–Kier alpha value is -4.42. The van der Waals surface area contributed by atoms with Gasteiger partial charge in [-0.15, -0.1) is 0 Å². The van der Waals surface area contributed by atoms with E-state index in [-0.39, 0.29) is 53.9 Å². The molecule has 3 aliphatic rings. The monoisotopic (exact) mass is 603 g/mol. The third-order valence-corrected chi connectivity index (χ3v) is 8.46. The summed E-state index contributed by atoms with van der Waals surface area (Å²) in [5.74, 6) is -1.10. The van der Waals surface area contributed by atoms with Crippen molar-refractivity contribution in [2.24, 2.45) is 5.92 Å². The van der Waals surface area contributed by atoms with Crippen LogP contribution in [0.25, 0.3) is 10.9 Å². The minimum absolute atomic E-state index is 0.0569. The van der Waals surface area contributed by atoms with Gasteiger partial charge in [0.15, 0.2) is 0 Å². The lowest BCUT2D eigenvalue weighted by Crippen LogP contribution is -2.52. The summed E-state index contributed by atoms with van der Waals surface area (Å²) in [7, 11) is 4.90. The first-order valence-electron chi connectivity index (χ1n) is 14.6. The maximum absolute atomic E-state index is 15.1. The molecule has 6 rings (SSSR count). The summed E-state index contributed by atoms with van der Waals surface area (Å²) in [6, 6.07) is 11.3. The number of likely N-dealkylation sites (tertiary alicyclic amines) is 1. The van der Waals surface area contributed by atoms with Crippen LogP contribution < -0.4 is 10.1 Å². The first kappa shape index (κ1) is 29.6. The Morgan fingerprint density at radius 2 is 1.93 bits per heavy atom. The standard InChI is InChI=1S/C32H34FN5O6/c1-36(2)32(42)25-7-4-19-10-18(11-24(33)29(19)34-25)13-37-14-21(17-43-3)27(16-37)44-22-5-6-23-20(12-22)15-38(31(23)41)26-8-9-28(39)35-30(26)40/h4-7,10-12,21,26-27H,8-9,13-17H2,1-3H3,(H,35,39,40)/t21-,26-,27+/m0/s1. The van der Waals surface area contributed by atoms with Crippen molar-refractivity contribution in [3.63, 3.8) is 0 Å². The van der Waals surface area contributed by atoms with E-state index in [1.807, 2.05) is 12.1 Å². The number of ether oxygens (including phenoxy) is 2. The van der Waals surface area contributed by atoms with E-state index in [1.165, 1.54) is 15.9 Å². The van der Waals surface area contributed by atoms with Crippen molar-refractivity contribution in [1.29, 1.82) is 0 Å². The predicted octanol–water partition coefficient (Wildman–Crippen LogP) is 2.36. The van der Waals surface area contributed by atoms with Crippen LogP contribution in [0.5, 0.6) is 5.75 Å². The second-order valence-electron chi connectivity index (χ2n) is 11.8. The van der Waals surface area contributed by atoms with Crippen molar-refractivity contribution in [2.45, 2.75) is 38.1 Å².